The third kappa shape index (κ3) is 5.10. The van der Waals surface area contributed by atoms with Crippen molar-refractivity contribution >= 4 is 10.1 Å². The van der Waals surface area contributed by atoms with Crippen LogP contribution in [0.5, 0.6) is 0 Å². The summed E-state index contributed by atoms with van der Waals surface area (Å²) >= 11 is 0. The minimum Gasteiger partial charge on any atom is -0.323 e. The van der Waals surface area contributed by atoms with E-state index in [1.165, 1.54) is 0 Å². The van der Waals surface area contributed by atoms with Gasteiger partial charge in [0.05, 0.1) is 0 Å². The maximum atomic E-state index is 13.4. The van der Waals surface area contributed by atoms with Gasteiger partial charge in [0, 0.05) is 0 Å². The van der Waals surface area contributed by atoms with Crippen molar-refractivity contribution in [3.63, 3.8) is 0 Å². The van der Waals surface area contributed by atoms with Gasteiger partial charge < -0.3 is 5.32 Å². The van der Waals surface area contributed by atoms with Crippen LogP contribution in [0.1, 0.15) is 0 Å². The summed E-state index contributed by atoms with van der Waals surface area (Å²) in [5, 5.41) is -5.35. The van der Waals surface area contributed by atoms with Crippen LogP contribution in [-0.2, 0) is 10.1 Å². The van der Waals surface area contributed by atoms with Crippen LogP contribution in [0.2, 0.25) is 0 Å². The van der Waals surface area contributed by atoms with E-state index in [-0.39, 0.29) is 0 Å². The second-order valence-electron chi connectivity index (χ2n) is 7.01. The van der Waals surface area contributed by atoms with Crippen molar-refractivity contribution in [1.82, 2.24) is 5.32 Å². The second-order valence-corrected chi connectivity index (χ2v) is 8.47. The lowest BCUT2D eigenvalue weighted by Gasteiger charge is -2.44. The molecular weight excluding hydrogens is 668 g/mol. The summed E-state index contributed by atoms with van der Waals surface area (Å²) in [6.07, 6.45) is -6.24. The van der Waals surface area contributed by atoms with Gasteiger partial charge in [-0.1, -0.05) is 0 Å². The van der Waals surface area contributed by atoms with E-state index in [1.54, 1.807) is 0 Å². The van der Waals surface area contributed by atoms with Gasteiger partial charge in [0.15, 0.2) is 0 Å². The lowest BCUT2D eigenvalue weighted by Crippen LogP contribution is -2.77. The van der Waals surface area contributed by atoms with Crippen molar-refractivity contribution in [2.75, 3.05) is 14.1 Å². The molecule has 0 aliphatic carbocycles. The minimum atomic E-state index is -9.45. The Kier molecular flexibility index (Phi) is 10.7. The number of hydrogen-bond donors (Lipinski definition) is 2. The van der Waals surface area contributed by atoms with Crippen LogP contribution >= 0.6 is 0 Å². The third-order valence-corrected chi connectivity index (χ3v) is 5.05. The molecule has 0 aromatic rings. The van der Waals surface area contributed by atoms with Gasteiger partial charge in [0.25, 0.3) is 0 Å². The Morgan fingerprint density at radius 3 is 0.825 bits per heavy atom. The SMILES string of the molecule is CNC.O=S(=O)(O)C(F)(F)C(F)(F)C(F)(F)C(F)(F)C(F)(F)C(F)(F)C(F)(F)C(F)(F)C(F)(F)C(F)(F)C(F)F. The van der Waals surface area contributed by atoms with Crippen LogP contribution in [0.15, 0.2) is 0 Å². The van der Waals surface area contributed by atoms with E-state index in [1.807, 2.05) is 14.1 Å². The van der Waals surface area contributed by atoms with Gasteiger partial charge in [-0.3, -0.25) is 4.55 Å². The second kappa shape index (κ2) is 10.6. The molecule has 0 aliphatic heterocycles. The first-order valence-electron chi connectivity index (χ1n) is 8.47. The summed E-state index contributed by atoms with van der Waals surface area (Å²) in [7, 11) is -4.38. The van der Waals surface area contributed by atoms with Crippen molar-refractivity contribution in [2.24, 2.45) is 0 Å². The maximum Gasteiger partial charge on any atom is 0.438 e. The Hall–Kier alpha value is -1.67. The van der Waals surface area contributed by atoms with Gasteiger partial charge in [-0.15, -0.1) is 0 Å². The smallest absolute Gasteiger partial charge is 0.323 e. The van der Waals surface area contributed by atoms with Crippen molar-refractivity contribution < 1.29 is 110 Å². The van der Waals surface area contributed by atoms with Crippen molar-refractivity contribution in [3.05, 3.63) is 0 Å². The van der Waals surface area contributed by atoms with Crippen molar-refractivity contribution in [1.29, 1.82) is 0 Å². The molecule has 0 bridgehead atoms. The molecule has 27 heteroatoms. The predicted octanol–water partition coefficient (Wildman–Crippen LogP) is 6.29. The summed E-state index contributed by atoms with van der Waals surface area (Å²) in [6, 6.07) is 0. The van der Waals surface area contributed by atoms with E-state index >= 15 is 0 Å². The summed E-state index contributed by atoms with van der Waals surface area (Å²) in [6.45, 7) is 0. The number of halogens is 22. The quantitative estimate of drug-likeness (QED) is 0.200. The normalized spacial score (nSPS) is 16.1. The molecule has 0 fully saturated rings. The number of alkyl halides is 22. The average Bonchev–Trinajstić information content (AvgIpc) is 2.71. The lowest BCUT2D eigenvalue weighted by molar-refractivity contribution is -0.469. The first-order chi connectivity index (χ1) is 16.9. The van der Waals surface area contributed by atoms with E-state index in [9.17, 15) is 105 Å². The number of rotatable bonds is 11. The summed E-state index contributed by atoms with van der Waals surface area (Å²) < 4.78 is 314. The molecule has 2 N–H and O–H groups in total. The summed E-state index contributed by atoms with van der Waals surface area (Å²) in [4.78, 5) is 0. The molecule has 0 aromatic heterocycles. The highest BCUT2D eigenvalue weighted by Crippen LogP contribution is 2.66. The van der Waals surface area contributed by atoms with Crippen LogP contribution in [0.4, 0.5) is 96.6 Å². The molecule has 0 amide bonds. The standard InChI is InChI=1S/C11H2F22O3S.C2H7N/c12-1(13)2(14,15)3(16,17)4(18,19)5(20,21)6(22,23)7(24,25)8(26,27)9(28,29)10(30,31)11(32,33)37(34,35)36;1-3-2/h1H,(H,34,35,36);3H,1-2H3. The molecule has 0 aliphatic rings. The van der Waals surface area contributed by atoms with Gasteiger partial charge >= 0.3 is 75.1 Å². The summed E-state index contributed by atoms with van der Waals surface area (Å²) in [5.41, 5.74) is 0. The molecule has 4 nitrogen and oxygen atoms in total. The van der Waals surface area contributed by atoms with Crippen LogP contribution in [0.25, 0.3) is 0 Å². The Bertz CT molecular complexity index is 990. The van der Waals surface area contributed by atoms with E-state index in [2.05, 4.69) is 5.32 Å². The topological polar surface area (TPSA) is 66.4 Å². The van der Waals surface area contributed by atoms with Gasteiger partial charge in [-0.25, -0.2) is 8.78 Å². The lowest BCUT2D eigenvalue weighted by atomic mass is 9.86. The number of nitrogens with one attached hydrogen (secondary N) is 1. The zero-order chi connectivity index (χ0) is 33.8. The first kappa shape index (κ1) is 40.5. The van der Waals surface area contributed by atoms with E-state index in [0.29, 0.717) is 0 Å². The molecule has 0 heterocycles. The van der Waals surface area contributed by atoms with E-state index in [4.69, 9.17) is 4.55 Å². The fraction of sp³-hybridized carbons (Fsp3) is 1.00. The van der Waals surface area contributed by atoms with Gasteiger partial charge in [-0.05, 0) is 14.1 Å². The molecular formula is C13H9F22NO3S. The van der Waals surface area contributed by atoms with Crippen LogP contribution in [0, 0.1) is 0 Å². The maximum absolute atomic E-state index is 13.4. The molecule has 40 heavy (non-hydrogen) atoms. The number of hydrogen-bond acceptors (Lipinski definition) is 3. The van der Waals surface area contributed by atoms with Crippen LogP contribution in [-0.4, -0.2) is 92.0 Å². The highest BCUT2D eigenvalue weighted by molar-refractivity contribution is 7.87. The van der Waals surface area contributed by atoms with E-state index in [0.717, 1.165) is 0 Å². The van der Waals surface area contributed by atoms with Crippen LogP contribution in [0.3, 0.4) is 0 Å². The molecule has 0 saturated heterocycles. The average molecular weight is 677 g/mol. The summed E-state index contributed by atoms with van der Waals surface area (Å²) in [5.74, 6) is -81.1. The molecule has 0 spiro atoms. The minimum absolute atomic E-state index is 1.88. The molecule has 0 rings (SSSR count). The zero-order valence-electron chi connectivity index (χ0n) is 18.1. The molecule has 0 radical (unpaired) electrons. The van der Waals surface area contributed by atoms with Crippen molar-refractivity contribution in [3.8, 4) is 0 Å². The third-order valence-electron chi connectivity index (χ3n) is 4.14. The highest BCUT2D eigenvalue weighted by atomic mass is 32.2. The first-order valence-corrected chi connectivity index (χ1v) is 9.91. The van der Waals surface area contributed by atoms with E-state index < -0.39 is 75.1 Å². The molecule has 0 unspecified atom stereocenters. The molecule has 0 aromatic carbocycles. The molecule has 0 saturated carbocycles. The fourth-order valence-electron chi connectivity index (χ4n) is 1.87. The molecule has 244 valence electrons. The Morgan fingerprint density at radius 2 is 0.650 bits per heavy atom. The van der Waals surface area contributed by atoms with Gasteiger partial charge in [0.2, 0.25) is 0 Å². The van der Waals surface area contributed by atoms with Gasteiger partial charge in [0.1, 0.15) is 0 Å². The predicted molar refractivity (Wildman–Crippen MR) is 82.0 cm³/mol. The Morgan fingerprint density at radius 1 is 0.475 bits per heavy atom. The highest BCUT2D eigenvalue weighted by Gasteiger charge is 2.98. The van der Waals surface area contributed by atoms with Crippen molar-refractivity contribution in [2.45, 2.75) is 65.0 Å². The Labute approximate surface area is 205 Å². The van der Waals surface area contributed by atoms with Gasteiger partial charge in [-0.2, -0.15) is 96.2 Å². The zero-order valence-corrected chi connectivity index (χ0v) is 18.9. The van der Waals surface area contributed by atoms with Crippen LogP contribution < -0.4 is 5.32 Å². The monoisotopic (exact) mass is 677 g/mol. The fourth-order valence-corrected chi connectivity index (χ4v) is 2.33. The Balaban J connectivity index is 0. The largest absolute Gasteiger partial charge is 0.438 e. The molecule has 0 atom stereocenters.